The fourth-order valence-electron chi connectivity index (χ4n) is 8.91. The Bertz CT molecular complexity index is 3310. The Kier molecular flexibility index (Phi) is 21.7. The van der Waals surface area contributed by atoms with E-state index in [0.717, 1.165) is 4.90 Å². The predicted molar refractivity (Wildman–Crippen MR) is 304 cm³/mol. The molecule has 3 amide bonds. The first-order chi connectivity index (χ1) is 39.0. The van der Waals surface area contributed by atoms with Gasteiger partial charge in [0.1, 0.15) is 40.7 Å². The van der Waals surface area contributed by atoms with E-state index >= 15 is 8.78 Å². The van der Waals surface area contributed by atoms with E-state index in [1.807, 2.05) is 0 Å². The SMILES string of the molecule is CC(C)(C)OC(=O)CCN(CC(=O)N1CCc2c1ccc(OCc1cc(-c3ccccc3)c(C(F)(F)F)s1)c2F)C(=O)OC(C)(C)C.Cl.O=C(O)CCNCC(=O)N1CCc2c1ccc(OCc1cc(-c3ccccc3)c(C(F)(F)F)s1)c2F. The molecule has 25 heteroatoms. The Morgan fingerprint density at radius 2 is 1.06 bits per heavy atom. The van der Waals surface area contributed by atoms with Crippen molar-refractivity contribution in [1.29, 1.82) is 0 Å². The molecule has 84 heavy (non-hydrogen) atoms. The lowest BCUT2D eigenvalue weighted by molar-refractivity contribution is -0.155. The topological polar surface area (TPSA) is 164 Å². The lowest BCUT2D eigenvalue weighted by atomic mass is 10.1. The molecule has 2 N–H and O–H groups in total. The highest BCUT2D eigenvalue weighted by atomic mass is 35.5. The third-order valence-corrected chi connectivity index (χ3v) is 14.8. The third-order valence-electron chi connectivity index (χ3n) is 12.5. The number of alkyl halides is 6. The first-order valence-electron chi connectivity index (χ1n) is 26.1. The van der Waals surface area contributed by atoms with Crippen LogP contribution in [0.25, 0.3) is 22.3 Å². The number of esters is 1. The van der Waals surface area contributed by atoms with Crippen LogP contribution in [0.4, 0.5) is 51.3 Å². The average molecular weight is 1240 g/mol. The van der Waals surface area contributed by atoms with Gasteiger partial charge < -0.3 is 39.2 Å². The Balaban J connectivity index is 0.000000275. The van der Waals surface area contributed by atoms with Crippen LogP contribution in [-0.2, 0) is 67.1 Å². The van der Waals surface area contributed by atoms with Crippen LogP contribution < -0.4 is 24.6 Å². The predicted octanol–water partition coefficient (Wildman–Crippen LogP) is 13.5. The van der Waals surface area contributed by atoms with Gasteiger partial charge in [-0.05, 0) is 102 Å². The molecule has 0 spiro atoms. The molecular formula is C59H61ClF8N4O10S2. The summed E-state index contributed by atoms with van der Waals surface area (Å²) < 4.78 is 135. The van der Waals surface area contributed by atoms with Gasteiger partial charge in [-0.15, -0.1) is 35.1 Å². The third kappa shape index (κ3) is 17.4. The molecule has 2 aliphatic rings. The fourth-order valence-corrected chi connectivity index (χ4v) is 10.8. The second-order valence-electron chi connectivity index (χ2n) is 21.1. The number of halogens is 9. The number of benzene rings is 4. The van der Waals surface area contributed by atoms with Crippen molar-refractivity contribution < 1.29 is 83.1 Å². The molecule has 0 saturated carbocycles. The number of carbonyl (C=O) groups is 5. The van der Waals surface area contributed by atoms with E-state index in [0.29, 0.717) is 49.9 Å². The monoisotopic (exact) mass is 1240 g/mol. The Morgan fingerprint density at radius 3 is 1.48 bits per heavy atom. The number of carboxylic acid groups (broad SMARTS) is 1. The minimum atomic E-state index is -4.57. The Hall–Kier alpha value is -7.28. The molecule has 14 nitrogen and oxygen atoms in total. The first kappa shape index (κ1) is 65.9. The maximum absolute atomic E-state index is 15.6. The molecule has 4 aromatic carbocycles. The molecule has 2 aromatic heterocycles. The van der Waals surface area contributed by atoms with Crippen LogP contribution in [-0.4, -0.2) is 90.3 Å². The molecule has 0 fully saturated rings. The van der Waals surface area contributed by atoms with Gasteiger partial charge in [-0.25, -0.2) is 13.6 Å². The number of carboxylic acids is 1. The zero-order valence-electron chi connectivity index (χ0n) is 46.4. The van der Waals surface area contributed by atoms with Crippen LogP contribution in [0.1, 0.15) is 85.0 Å². The number of amides is 3. The van der Waals surface area contributed by atoms with E-state index in [-0.39, 0.29) is 129 Å². The number of hydrogen-bond acceptors (Lipinski definition) is 12. The highest BCUT2D eigenvalue weighted by Crippen LogP contribution is 2.45. The highest BCUT2D eigenvalue weighted by Gasteiger charge is 2.39. The molecule has 0 radical (unpaired) electrons. The van der Waals surface area contributed by atoms with Gasteiger partial charge in [0.15, 0.2) is 23.1 Å². The molecule has 452 valence electrons. The number of nitrogens with one attached hydrogen (secondary N) is 1. The summed E-state index contributed by atoms with van der Waals surface area (Å²) in [6.45, 7) is 9.50. The van der Waals surface area contributed by atoms with Gasteiger partial charge in [0.25, 0.3) is 0 Å². The maximum atomic E-state index is 15.6. The summed E-state index contributed by atoms with van der Waals surface area (Å²) in [6, 6.07) is 24.9. The number of anilines is 2. The van der Waals surface area contributed by atoms with Crippen molar-refractivity contribution in [2.75, 3.05) is 49.1 Å². The van der Waals surface area contributed by atoms with Gasteiger partial charge in [0, 0.05) is 58.2 Å². The molecule has 0 aliphatic carbocycles. The standard InChI is InChI=1S/C34H38F4N2O6S.C25H22F4N2O4S.ClH/c1-32(2,3)45-28(42)15-16-39(31(43)46-33(4,5)6)19-27(41)40-17-14-23-25(40)12-13-26(29(23)35)44-20-22-18-24(21-10-8-7-9-11-21)30(47-22)34(36,37)38;26-23-17-9-11-31(21(32)13-30-10-8-22(33)34)19(17)6-7-20(23)35-14-16-12-18(15-4-2-1-3-5-15)24(36-16)25(27,28)29;/h7-13,18H,14-17,19-20H2,1-6H3;1-7,12,30H,8-11,13-14H2,(H,33,34);1H. The number of rotatable bonds is 18. The molecule has 0 atom stereocenters. The van der Waals surface area contributed by atoms with Gasteiger partial charge in [0.2, 0.25) is 11.8 Å². The summed E-state index contributed by atoms with van der Waals surface area (Å²) in [4.78, 5) is 64.6. The van der Waals surface area contributed by atoms with E-state index < -0.39 is 75.4 Å². The minimum Gasteiger partial charge on any atom is -0.485 e. The van der Waals surface area contributed by atoms with Gasteiger partial charge in [0.05, 0.1) is 30.8 Å². The molecule has 8 rings (SSSR count). The summed E-state index contributed by atoms with van der Waals surface area (Å²) in [5.41, 5.74) is 0.512. The summed E-state index contributed by atoms with van der Waals surface area (Å²) in [6.07, 6.45) is -9.78. The van der Waals surface area contributed by atoms with E-state index in [1.54, 1.807) is 108 Å². The highest BCUT2D eigenvalue weighted by molar-refractivity contribution is 7.13. The molecule has 0 saturated heterocycles. The number of nitrogens with zero attached hydrogens (tertiary/aromatic N) is 3. The second kappa shape index (κ2) is 27.6. The van der Waals surface area contributed by atoms with Crippen LogP contribution >= 0.6 is 35.1 Å². The molecular weight excluding hydrogens is 1180 g/mol. The van der Waals surface area contributed by atoms with Gasteiger partial charge in [-0.3, -0.25) is 24.1 Å². The number of aliphatic carboxylic acids is 1. The van der Waals surface area contributed by atoms with Crippen molar-refractivity contribution in [3.63, 3.8) is 0 Å². The molecule has 0 bridgehead atoms. The lowest BCUT2D eigenvalue weighted by Crippen LogP contribution is -2.45. The quantitative estimate of drug-likeness (QED) is 0.0478. The average Bonchev–Trinajstić information content (AvgIpc) is 2.59. The van der Waals surface area contributed by atoms with E-state index in [9.17, 15) is 50.3 Å². The first-order valence-corrected chi connectivity index (χ1v) is 27.7. The van der Waals surface area contributed by atoms with Crippen molar-refractivity contribution in [2.24, 2.45) is 0 Å². The molecule has 0 unspecified atom stereocenters. The molecule has 2 aliphatic heterocycles. The van der Waals surface area contributed by atoms with Crippen LogP contribution in [0.3, 0.4) is 0 Å². The van der Waals surface area contributed by atoms with Crippen LogP contribution in [0.2, 0.25) is 0 Å². The smallest absolute Gasteiger partial charge is 0.426 e. The van der Waals surface area contributed by atoms with Crippen LogP contribution in [0.5, 0.6) is 11.5 Å². The largest absolute Gasteiger partial charge is 0.485 e. The van der Waals surface area contributed by atoms with Crippen LogP contribution in [0.15, 0.2) is 97.1 Å². The lowest BCUT2D eigenvalue weighted by Gasteiger charge is -2.29. The summed E-state index contributed by atoms with van der Waals surface area (Å²) in [7, 11) is 0. The molecule has 4 heterocycles. The van der Waals surface area contributed by atoms with E-state index in [1.165, 1.54) is 40.1 Å². The summed E-state index contributed by atoms with van der Waals surface area (Å²) in [5.74, 6) is -4.00. The Labute approximate surface area is 493 Å². The minimum absolute atomic E-state index is 0. The van der Waals surface area contributed by atoms with Crippen molar-refractivity contribution in [3.05, 3.63) is 139 Å². The second-order valence-corrected chi connectivity index (χ2v) is 23.4. The van der Waals surface area contributed by atoms with Crippen molar-refractivity contribution >= 4 is 76.3 Å². The molecule has 6 aromatic rings. The number of fused-ring (bicyclic) bond motifs is 2. The number of thiophene rings is 2. The number of carbonyl (C=O) groups excluding carboxylic acids is 4. The van der Waals surface area contributed by atoms with Gasteiger partial charge in [-0.1, -0.05) is 60.7 Å². The van der Waals surface area contributed by atoms with E-state index in [2.05, 4.69) is 5.32 Å². The maximum Gasteiger partial charge on any atom is 0.426 e. The normalized spacial score (nSPS) is 13.0. The van der Waals surface area contributed by atoms with E-state index in [4.69, 9.17) is 24.1 Å². The number of hydrogen-bond donors (Lipinski definition) is 2. The van der Waals surface area contributed by atoms with Crippen molar-refractivity contribution in [2.45, 2.75) is 104 Å². The van der Waals surface area contributed by atoms with Crippen LogP contribution in [0, 0.1) is 11.6 Å². The van der Waals surface area contributed by atoms with Gasteiger partial charge >= 0.3 is 30.4 Å². The van der Waals surface area contributed by atoms with Crippen molar-refractivity contribution in [1.82, 2.24) is 10.2 Å². The zero-order chi connectivity index (χ0) is 60.6. The zero-order valence-corrected chi connectivity index (χ0v) is 48.9. The van der Waals surface area contributed by atoms with Gasteiger partial charge in [-0.2, -0.15) is 26.3 Å². The Morgan fingerprint density at radius 1 is 0.619 bits per heavy atom. The van der Waals surface area contributed by atoms with Crippen molar-refractivity contribution in [3.8, 4) is 33.8 Å². The number of ether oxygens (including phenoxy) is 4. The summed E-state index contributed by atoms with van der Waals surface area (Å²) >= 11 is 1.10. The summed E-state index contributed by atoms with van der Waals surface area (Å²) in [5, 5.41) is 11.4. The fraction of sp³-hybridized carbons (Fsp3) is 0.373.